The van der Waals surface area contributed by atoms with E-state index in [1.54, 1.807) is 17.0 Å². The van der Waals surface area contributed by atoms with Crippen LogP contribution in [0.4, 0.5) is 4.39 Å². The maximum Gasteiger partial charge on any atom is 0.253 e. The lowest BCUT2D eigenvalue weighted by Gasteiger charge is -2.25. The fraction of sp³-hybridized carbons (Fsp3) is 0.304. The second-order valence-corrected chi connectivity index (χ2v) is 7.54. The van der Waals surface area contributed by atoms with Crippen LogP contribution in [0.25, 0.3) is 10.9 Å². The Kier molecular flexibility index (Phi) is 5.45. The quantitative estimate of drug-likeness (QED) is 0.718. The number of ether oxygens (including phenoxy) is 1. The van der Waals surface area contributed by atoms with Crippen molar-refractivity contribution in [1.29, 1.82) is 0 Å². The third-order valence-corrected chi connectivity index (χ3v) is 5.24. The molecule has 1 fully saturated rings. The Labute approximate surface area is 168 Å². The van der Waals surface area contributed by atoms with E-state index in [-0.39, 0.29) is 30.4 Å². The molecule has 4 rings (SSSR count). The number of rotatable bonds is 5. The molecule has 29 heavy (non-hydrogen) atoms. The zero-order chi connectivity index (χ0) is 20.4. The van der Waals surface area contributed by atoms with Gasteiger partial charge in [0.25, 0.3) is 11.5 Å². The van der Waals surface area contributed by atoms with E-state index in [1.807, 2.05) is 31.2 Å². The summed E-state index contributed by atoms with van der Waals surface area (Å²) >= 11 is 0. The molecule has 0 bridgehead atoms. The Balaban J connectivity index is 1.66. The Bertz CT molecular complexity index is 1090. The second-order valence-electron chi connectivity index (χ2n) is 7.54. The summed E-state index contributed by atoms with van der Waals surface area (Å²) in [6.07, 6.45) is 1.03. The largest absolute Gasteiger partial charge is 0.368 e. The highest BCUT2D eigenvalue weighted by molar-refractivity contribution is 5.82. The fourth-order valence-electron chi connectivity index (χ4n) is 3.69. The average molecular weight is 394 g/mol. The Morgan fingerprint density at radius 1 is 1.17 bits per heavy atom. The van der Waals surface area contributed by atoms with Crippen molar-refractivity contribution in [3.63, 3.8) is 0 Å². The number of aromatic amines is 1. The highest BCUT2D eigenvalue weighted by atomic mass is 19.1. The molecule has 1 N–H and O–H groups in total. The fourth-order valence-corrected chi connectivity index (χ4v) is 3.69. The predicted octanol–water partition coefficient (Wildman–Crippen LogP) is 3.68. The molecule has 1 atom stereocenters. The molecule has 0 radical (unpaired) electrons. The Hall–Kier alpha value is -2.99. The highest BCUT2D eigenvalue weighted by Gasteiger charge is 2.29. The summed E-state index contributed by atoms with van der Waals surface area (Å²) in [5.74, 6) is -0.470. The van der Waals surface area contributed by atoms with Gasteiger partial charge in [0.05, 0.1) is 6.54 Å². The zero-order valence-corrected chi connectivity index (χ0v) is 16.3. The number of benzene rings is 2. The van der Waals surface area contributed by atoms with Gasteiger partial charge in [-0.2, -0.15) is 0 Å². The van der Waals surface area contributed by atoms with Gasteiger partial charge < -0.3 is 14.6 Å². The van der Waals surface area contributed by atoms with Crippen LogP contribution in [0.3, 0.4) is 0 Å². The van der Waals surface area contributed by atoms with E-state index < -0.39 is 6.10 Å². The number of carbonyl (C=O) groups is 1. The smallest absolute Gasteiger partial charge is 0.253 e. The van der Waals surface area contributed by atoms with Crippen molar-refractivity contribution in [3.8, 4) is 0 Å². The van der Waals surface area contributed by atoms with Gasteiger partial charge in [-0.1, -0.05) is 23.8 Å². The van der Waals surface area contributed by atoms with Crippen molar-refractivity contribution in [1.82, 2.24) is 9.88 Å². The van der Waals surface area contributed by atoms with E-state index in [0.29, 0.717) is 18.6 Å². The topological polar surface area (TPSA) is 62.4 Å². The molecule has 1 amide bonds. The van der Waals surface area contributed by atoms with E-state index in [4.69, 9.17) is 4.74 Å². The lowest BCUT2D eigenvalue weighted by Crippen LogP contribution is -2.39. The normalized spacial score (nSPS) is 16.3. The third kappa shape index (κ3) is 4.38. The maximum atomic E-state index is 13.3. The molecule has 0 saturated carbocycles. The summed E-state index contributed by atoms with van der Waals surface area (Å²) in [4.78, 5) is 30.2. The minimum absolute atomic E-state index is 0.143. The number of nitrogens with zero attached hydrogens (tertiary/aromatic N) is 1. The zero-order valence-electron chi connectivity index (χ0n) is 16.3. The van der Waals surface area contributed by atoms with E-state index in [0.717, 1.165) is 28.5 Å². The average Bonchev–Trinajstić information content (AvgIpc) is 3.24. The molecule has 1 aromatic heterocycles. The van der Waals surface area contributed by atoms with Crippen molar-refractivity contribution in [3.05, 3.63) is 81.4 Å². The summed E-state index contributed by atoms with van der Waals surface area (Å²) in [6, 6.07) is 13.7. The van der Waals surface area contributed by atoms with Crippen LogP contribution < -0.4 is 5.56 Å². The molecule has 0 unspecified atom stereocenters. The number of hydrogen-bond donors (Lipinski definition) is 1. The van der Waals surface area contributed by atoms with Gasteiger partial charge >= 0.3 is 0 Å². The summed E-state index contributed by atoms with van der Waals surface area (Å²) in [6.45, 7) is 3.00. The number of carbonyl (C=O) groups excluding carboxylic acids is 1. The first kappa shape index (κ1) is 19.3. The Morgan fingerprint density at radius 3 is 2.69 bits per heavy atom. The lowest BCUT2D eigenvalue weighted by molar-refractivity contribution is -0.142. The summed E-state index contributed by atoms with van der Waals surface area (Å²) in [5.41, 5.74) is 2.95. The molecular formula is C23H23FN2O3. The molecule has 1 saturated heterocycles. The van der Waals surface area contributed by atoms with Crippen LogP contribution in [0.1, 0.15) is 29.5 Å². The van der Waals surface area contributed by atoms with Crippen molar-refractivity contribution >= 4 is 16.8 Å². The SMILES string of the molecule is Cc1ccc2[nH]c(=O)c(CN(Cc3ccc(F)cc3)C(=O)[C@@H]3CCCO3)cc2c1. The lowest BCUT2D eigenvalue weighted by atomic mass is 10.1. The van der Waals surface area contributed by atoms with Gasteiger partial charge in [0.15, 0.2) is 0 Å². The number of aromatic nitrogens is 1. The number of nitrogens with one attached hydrogen (secondary N) is 1. The van der Waals surface area contributed by atoms with Gasteiger partial charge in [0.1, 0.15) is 11.9 Å². The number of halogens is 1. The standard InChI is InChI=1S/C23H23FN2O3/c1-15-4-9-20-17(11-15)12-18(22(27)25-20)14-26(23(28)21-3-2-10-29-21)13-16-5-7-19(24)8-6-16/h4-9,11-12,21H,2-3,10,13-14H2,1H3,(H,25,27)/t21-/m0/s1. The molecule has 5 nitrogen and oxygen atoms in total. The van der Waals surface area contributed by atoms with Crippen LogP contribution in [0.15, 0.2) is 53.3 Å². The molecule has 2 heterocycles. The number of H-pyrrole nitrogens is 1. The van der Waals surface area contributed by atoms with Crippen molar-refractivity contribution in [2.45, 2.75) is 39.0 Å². The van der Waals surface area contributed by atoms with Crippen LogP contribution in [-0.2, 0) is 22.6 Å². The van der Waals surface area contributed by atoms with Gasteiger partial charge in [-0.05, 0) is 61.0 Å². The van der Waals surface area contributed by atoms with E-state index >= 15 is 0 Å². The molecule has 2 aromatic carbocycles. The molecule has 6 heteroatoms. The summed E-state index contributed by atoms with van der Waals surface area (Å²) < 4.78 is 18.8. The number of pyridine rings is 1. The first-order valence-electron chi connectivity index (χ1n) is 9.77. The van der Waals surface area contributed by atoms with Crippen molar-refractivity contribution in [2.24, 2.45) is 0 Å². The highest BCUT2D eigenvalue weighted by Crippen LogP contribution is 2.20. The molecule has 1 aliphatic heterocycles. The van der Waals surface area contributed by atoms with Gasteiger partial charge in [0, 0.05) is 24.2 Å². The van der Waals surface area contributed by atoms with Gasteiger partial charge in [-0.3, -0.25) is 9.59 Å². The van der Waals surface area contributed by atoms with Crippen LogP contribution in [0.2, 0.25) is 0 Å². The number of amides is 1. The van der Waals surface area contributed by atoms with Crippen LogP contribution in [0.5, 0.6) is 0 Å². The Morgan fingerprint density at radius 2 is 1.97 bits per heavy atom. The minimum Gasteiger partial charge on any atom is -0.368 e. The van der Waals surface area contributed by atoms with Crippen LogP contribution in [0, 0.1) is 12.7 Å². The first-order valence-corrected chi connectivity index (χ1v) is 9.77. The molecule has 3 aromatic rings. The second kappa shape index (κ2) is 8.17. The monoisotopic (exact) mass is 394 g/mol. The van der Waals surface area contributed by atoms with Gasteiger partial charge in [-0.15, -0.1) is 0 Å². The summed E-state index contributed by atoms with van der Waals surface area (Å²) in [5, 5.41) is 0.922. The van der Waals surface area contributed by atoms with E-state index in [1.165, 1.54) is 12.1 Å². The van der Waals surface area contributed by atoms with E-state index in [9.17, 15) is 14.0 Å². The number of hydrogen-bond acceptors (Lipinski definition) is 3. The number of aryl methyl sites for hydroxylation is 1. The molecular weight excluding hydrogens is 371 g/mol. The molecule has 0 spiro atoms. The predicted molar refractivity (Wildman–Crippen MR) is 109 cm³/mol. The van der Waals surface area contributed by atoms with Gasteiger partial charge in [-0.25, -0.2) is 4.39 Å². The van der Waals surface area contributed by atoms with Crippen molar-refractivity contribution < 1.29 is 13.9 Å². The van der Waals surface area contributed by atoms with Crippen LogP contribution >= 0.6 is 0 Å². The third-order valence-electron chi connectivity index (χ3n) is 5.24. The van der Waals surface area contributed by atoms with E-state index in [2.05, 4.69) is 4.98 Å². The summed E-state index contributed by atoms with van der Waals surface area (Å²) in [7, 11) is 0. The van der Waals surface area contributed by atoms with Crippen LogP contribution in [-0.4, -0.2) is 28.5 Å². The first-order chi connectivity index (χ1) is 14.0. The molecule has 0 aliphatic carbocycles. The van der Waals surface area contributed by atoms with Gasteiger partial charge in [0.2, 0.25) is 0 Å². The van der Waals surface area contributed by atoms with Crippen molar-refractivity contribution in [2.75, 3.05) is 6.61 Å². The molecule has 150 valence electrons. The number of fused-ring (bicyclic) bond motifs is 1. The minimum atomic E-state index is -0.489. The molecule has 1 aliphatic rings. The maximum absolute atomic E-state index is 13.3.